The number of rotatable bonds is 3. The van der Waals surface area contributed by atoms with Crippen molar-refractivity contribution < 1.29 is 0 Å². The number of fused-ring (bicyclic) bond motifs is 4. The molecule has 0 aromatic heterocycles. The first-order chi connectivity index (χ1) is 21.0. The zero-order chi connectivity index (χ0) is 29.2. The Balaban J connectivity index is 1.43. The molecule has 0 saturated heterocycles. The van der Waals surface area contributed by atoms with Gasteiger partial charge in [-0.1, -0.05) is 128 Å². The van der Waals surface area contributed by atoms with Gasteiger partial charge in [0.05, 0.1) is 11.4 Å². The Labute approximate surface area is 259 Å². The van der Waals surface area contributed by atoms with Gasteiger partial charge in [0, 0.05) is 39.4 Å². The van der Waals surface area contributed by atoms with Crippen molar-refractivity contribution in [2.24, 2.45) is 0 Å². The van der Waals surface area contributed by atoms with Crippen molar-refractivity contribution in [3.63, 3.8) is 0 Å². The minimum absolute atomic E-state index is 1.13. The van der Waals surface area contributed by atoms with Crippen molar-refractivity contribution in [1.82, 2.24) is 0 Å². The first-order valence-corrected chi connectivity index (χ1v) is 20.5. The lowest BCUT2D eigenvalue weighted by Crippen LogP contribution is -2.58. The van der Waals surface area contributed by atoms with E-state index in [-0.39, 0.29) is 0 Å². The van der Waals surface area contributed by atoms with Crippen LogP contribution in [0, 0.1) is 0 Å². The number of nitrogens with zero attached hydrogens (tertiary/aromatic N) is 2. The maximum atomic E-state index is 6.86. The maximum absolute atomic E-state index is 6.86. The highest BCUT2D eigenvalue weighted by Gasteiger charge is 2.40. The van der Waals surface area contributed by atoms with Gasteiger partial charge in [0.2, 0.25) is 0 Å². The molecule has 6 aromatic carbocycles. The zero-order valence-electron chi connectivity index (χ0n) is 24.2. The second kappa shape index (κ2) is 9.92. The Bertz CT molecular complexity index is 2010. The summed E-state index contributed by atoms with van der Waals surface area (Å²) in [6.45, 7) is 4.94. The van der Waals surface area contributed by atoms with Gasteiger partial charge in [-0.05, 0) is 64.2 Å². The van der Waals surface area contributed by atoms with Gasteiger partial charge >= 0.3 is 0 Å². The van der Waals surface area contributed by atoms with Crippen molar-refractivity contribution in [3.05, 3.63) is 152 Å². The van der Waals surface area contributed by atoms with Crippen molar-refractivity contribution in [3.8, 4) is 0 Å². The summed E-state index contributed by atoms with van der Waals surface area (Å²) in [4.78, 5) is 4.89. The van der Waals surface area contributed by atoms with Crippen molar-refractivity contribution >= 4 is 86.3 Å². The first-order valence-electron chi connectivity index (χ1n) is 14.7. The summed E-state index contributed by atoms with van der Waals surface area (Å²) in [7, 11) is -1.88. The van der Waals surface area contributed by atoms with Crippen LogP contribution in [-0.4, -0.2) is 8.07 Å². The molecule has 0 saturated carbocycles. The van der Waals surface area contributed by atoms with E-state index in [0.29, 0.717) is 0 Å². The second-order valence-corrected chi connectivity index (χ2v) is 20.4. The lowest BCUT2D eigenvalue weighted by molar-refractivity contribution is 1.26. The quantitative estimate of drug-likeness (QED) is 0.150. The minimum Gasteiger partial charge on any atom is -0.311 e. The molecule has 2 heterocycles. The Hall–Kier alpha value is -4.21. The normalized spacial score (nSPS) is 17.8. The Morgan fingerprint density at radius 3 is 1.60 bits per heavy atom. The third-order valence-electron chi connectivity index (χ3n) is 9.03. The standard InChI is InChI=1S/C38H31N2PSSi/c1-43(2)37-23-13-10-20-32(37)40(33-21-11-14-24-38(33)43)29-25-26-36-34(27-29)39(28-15-5-3-6-16-28)31-19-9-12-22-35(31)41(36,42)30-17-7-4-8-18-30/h3-27H,1-2H3. The fraction of sp³-hybridized carbons (Fsp3) is 0.0526. The molecule has 43 heavy (non-hydrogen) atoms. The number of benzene rings is 6. The molecule has 8 rings (SSSR count). The summed E-state index contributed by atoms with van der Waals surface area (Å²) in [6.07, 6.45) is 0. The number of anilines is 6. The van der Waals surface area contributed by atoms with Crippen LogP contribution in [0.2, 0.25) is 13.1 Å². The second-order valence-electron chi connectivity index (χ2n) is 11.8. The fourth-order valence-corrected chi connectivity index (χ4v) is 14.2. The highest BCUT2D eigenvalue weighted by molar-refractivity contribution is 8.25. The average Bonchev–Trinajstić information content (AvgIpc) is 3.06. The van der Waals surface area contributed by atoms with Crippen LogP contribution in [0.25, 0.3) is 0 Å². The predicted octanol–water partition coefficient (Wildman–Crippen LogP) is 7.83. The fourth-order valence-electron chi connectivity index (χ4n) is 6.99. The van der Waals surface area contributed by atoms with Gasteiger partial charge in [-0.25, -0.2) is 0 Å². The smallest absolute Gasteiger partial charge is 0.117 e. The van der Waals surface area contributed by atoms with E-state index in [1.165, 1.54) is 43.3 Å². The van der Waals surface area contributed by atoms with E-state index in [0.717, 1.165) is 17.1 Å². The van der Waals surface area contributed by atoms with Crippen LogP contribution < -0.4 is 36.1 Å². The van der Waals surface area contributed by atoms with Gasteiger partial charge in [-0.3, -0.25) is 0 Å². The molecular weight excluding hydrogens is 576 g/mol. The lowest BCUT2D eigenvalue weighted by Gasteiger charge is -2.43. The highest BCUT2D eigenvalue weighted by atomic mass is 32.4. The van der Waals surface area contributed by atoms with E-state index in [1.54, 1.807) is 0 Å². The molecule has 0 bridgehead atoms. The summed E-state index contributed by atoms with van der Waals surface area (Å²) in [5.74, 6) is 0. The molecule has 1 atom stereocenters. The molecule has 0 N–H and O–H groups in total. The highest BCUT2D eigenvalue weighted by Crippen LogP contribution is 2.55. The molecule has 0 aliphatic carbocycles. The summed E-state index contributed by atoms with van der Waals surface area (Å²) in [6, 6.07) is 52.9. The molecule has 0 spiro atoms. The summed E-state index contributed by atoms with van der Waals surface area (Å²) in [5.41, 5.74) is 7.17. The predicted molar refractivity (Wildman–Crippen MR) is 192 cm³/mol. The van der Waals surface area contributed by atoms with Crippen molar-refractivity contribution in [2.45, 2.75) is 13.1 Å². The van der Waals surface area contributed by atoms with Crippen LogP contribution in [0.5, 0.6) is 0 Å². The van der Waals surface area contributed by atoms with Crippen LogP contribution in [0.3, 0.4) is 0 Å². The van der Waals surface area contributed by atoms with Crippen molar-refractivity contribution in [2.75, 3.05) is 9.80 Å². The van der Waals surface area contributed by atoms with Crippen LogP contribution in [0.15, 0.2) is 152 Å². The third-order valence-corrected chi connectivity index (χ3v) is 17.5. The Morgan fingerprint density at radius 2 is 0.953 bits per heavy atom. The van der Waals surface area contributed by atoms with Gasteiger partial charge in [-0.15, -0.1) is 0 Å². The van der Waals surface area contributed by atoms with Crippen molar-refractivity contribution in [1.29, 1.82) is 0 Å². The summed E-state index contributed by atoms with van der Waals surface area (Å²) in [5, 5.41) is 6.62. The Morgan fingerprint density at radius 1 is 0.465 bits per heavy atom. The Kier molecular flexibility index (Phi) is 6.10. The molecular formula is C38H31N2PSSi. The SMILES string of the molecule is C[Si]1(C)c2ccccc2N(c2ccc3c(c2)N(c2ccccc2)c2ccccc2P3(=S)c2ccccc2)c2ccccc21. The molecule has 208 valence electrons. The van der Waals surface area contributed by atoms with Gasteiger partial charge in [-0.2, -0.15) is 0 Å². The molecule has 0 amide bonds. The first kappa shape index (κ1) is 26.4. The number of hydrogen-bond acceptors (Lipinski definition) is 3. The molecule has 2 aliphatic rings. The monoisotopic (exact) mass is 606 g/mol. The molecule has 2 nitrogen and oxygen atoms in total. The molecule has 2 aliphatic heterocycles. The van der Waals surface area contributed by atoms with E-state index in [2.05, 4.69) is 175 Å². The molecule has 0 fully saturated rings. The van der Waals surface area contributed by atoms with Gasteiger partial charge in [0.25, 0.3) is 0 Å². The number of para-hydroxylation sites is 4. The number of hydrogen-bond donors (Lipinski definition) is 0. The minimum atomic E-state index is -2.34. The van der Waals surface area contributed by atoms with Crippen LogP contribution in [-0.2, 0) is 11.8 Å². The van der Waals surface area contributed by atoms with E-state index < -0.39 is 14.1 Å². The molecule has 6 aromatic rings. The van der Waals surface area contributed by atoms with Crippen LogP contribution in [0.4, 0.5) is 34.1 Å². The lowest BCUT2D eigenvalue weighted by atomic mass is 10.1. The topological polar surface area (TPSA) is 6.48 Å². The van der Waals surface area contributed by atoms with Crippen LogP contribution in [0.1, 0.15) is 0 Å². The maximum Gasteiger partial charge on any atom is 0.117 e. The van der Waals surface area contributed by atoms with Gasteiger partial charge < -0.3 is 9.80 Å². The third kappa shape index (κ3) is 3.87. The summed E-state index contributed by atoms with van der Waals surface area (Å²) >= 11 is 6.86. The molecule has 1 unspecified atom stereocenters. The van der Waals surface area contributed by atoms with E-state index in [4.69, 9.17) is 11.8 Å². The van der Waals surface area contributed by atoms with Gasteiger partial charge in [0.15, 0.2) is 0 Å². The molecule has 5 heteroatoms. The van der Waals surface area contributed by atoms with E-state index in [1.807, 2.05) is 0 Å². The molecule has 0 radical (unpaired) electrons. The van der Waals surface area contributed by atoms with E-state index in [9.17, 15) is 0 Å². The average molecular weight is 607 g/mol. The zero-order valence-corrected chi connectivity index (χ0v) is 26.9. The van der Waals surface area contributed by atoms with Gasteiger partial charge in [0.1, 0.15) is 8.07 Å². The van der Waals surface area contributed by atoms with Crippen LogP contribution >= 0.6 is 6.04 Å². The summed E-state index contributed by atoms with van der Waals surface area (Å²) < 4.78 is 0. The largest absolute Gasteiger partial charge is 0.311 e. The van der Waals surface area contributed by atoms with E-state index >= 15 is 0 Å².